The van der Waals surface area contributed by atoms with Crippen LogP contribution in [0.2, 0.25) is 0 Å². The molecule has 1 N–H and O–H groups in total. The Bertz CT molecular complexity index is 615. The van der Waals surface area contributed by atoms with Crippen molar-refractivity contribution in [3.63, 3.8) is 0 Å². The Morgan fingerprint density at radius 1 is 1.36 bits per heavy atom. The van der Waals surface area contributed by atoms with E-state index in [1.54, 1.807) is 0 Å². The molecule has 1 aromatic carbocycles. The molecule has 3 atom stereocenters. The van der Waals surface area contributed by atoms with E-state index in [4.69, 9.17) is 9.47 Å². The number of rotatable bonds is 7. The van der Waals surface area contributed by atoms with Crippen LogP contribution >= 0.6 is 0 Å². The van der Waals surface area contributed by atoms with E-state index in [1.165, 1.54) is 0 Å². The minimum absolute atomic E-state index is 0.00490. The number of Topliss-reactive ketones (excluding diaryl/α,β-unsaturated/α-hetero) is 1. The fraction of sp³-hybridized carbons (Fsp3) is 0.600. The maximum Gasteiger partial charge on any atom is 0.250 e. The van der Waals surface area contributed by atoms with Crippen molar-refractivity contribution in [2.75, 3.05) is 6.61 Å². The zero-order valence-electron chi connectivity index (χ0n) is 15.0. The molecule has 5 heteroatoms. The predicted octanol–water partition coefficient (Wildman–Crippen LogP) is 2.62. The Labute approximate surface area is 149 Å². The number of fused-ring (bicyclic) bond motifs is 1. The van der Waals surface area contributed by atoms with E-state index in [-0.39, 0.29) is 24.4 Å². The van der Waals surface area contributed by atoms with Gasteiger partial charge in [0.25, 0.3) is 0 Å². The van der Waals surface area contributed by atoms with Gasteiger partial charge in [-0.15, -0.1) is 0 Å². The largest absolute Gasteiger partial charge is 0.367 e. The van der Waals surface area contributed by atoms with Crippen molar-refractivity contribution in [3.8, 4) is 0 Å². The lowest BCUT2D eigenvalue weighted by molar-refractivity contribution is -0.140. The van der Waals surface area contributed by atoms with Gasteiger partial charge in [-0.1, -0.05) is 44.2 Å². The van der Waals surface area contributed by atoms with E-state index in [9.17, 15) is 9.59 Å². The Morgan fingerprint density at radius 2 is 2.12 bits per heavy atom. The smallest absolute Gasteiger partial charge is 0.250 e. The first-order chi connectivity index (χ1) is 12.0. The Morgan fingerprint density at radius 3 is 2.84 bits per heavy atom. The highest BCUT2D eigenvalue weighted by Gasteiger charge is 2.55. The molecule has 1 amide bonds. The van der Waals surface area contributed by atoms with Crippen LogP contribution in [-0.2, 0) is 25.7 Å². The molecule has 2 aliphatic rings. The molecule has 136 valence electrons. The van der Waals surface area contributed by atoms with Gasteiger partial charge in [0, 0.05) is 0 Å². The van der Waals surface area contributed by atoms with Crippen molar-refractivity contribution in [2.45, 2.75) is 63.9 Å². The maximum absolute atomic E-state index is 12.9. The first-order valence-electron chi connectivity index (χ1n) is 9.14. The molecule has 1 aliphatic heterocycles. The second kappa shape index (κ2) is 7.67. The molecule has 3 rings (SSSR count). The molecule has 0 radical (unpaired) electrons. The molecule has 1 heterocycles. The number of ether oxygens (including phenoxy) is 2. The van der Waals surface area contributed by atoms with Crippen molar-refractivity contribution >= 4 is 11.7 Å². The summed E-state index contributed by atoms with van der Waals surface area (Å²) in [5, 5.41) is 3.01. The monoisotopic (exact) mass is 345 g/mol. The third-order valence-electron chi connectivity index (χ3n) is 5.12. The van der Waals surface area contributed by atoms with E-state index in [0.717, 1.165) is 18.4 Å². The van der Waals surface area contributed by atoms with Crippen molar-refractivity contribution in [2.24, 2.45) is 5.92 Å². The Balaban J connectivity index is 1.67. The standard InChI is InChI=1S/C20H27NO4/c1-14(2)11-16(24-12-15-7-4-3-5-8-15)19(23)21-20-10-6-9-18(20)25-13-17(20)22/h3-5,7-8,14,16,18H,6,9-13H2,1-2H3,(H,21,23)/t16-,18+,20-/m0/s1. The molecular formula is C20H27NO4. The van der Waals surface area contributed by atoms with Gasteiger partial charge in [-0.2, -0.15) is 0 Å². The molecule has 25 heavy (non-hydrogen) atoms. The van der Waals surface area contributed by atoms with Crippen LogP contribution in [0, 0.1) is 5.92 Å². The third-order valence-corrected chi connectivity index (χ3v) is 5.12. The number of carbonyl (C=O) groups is 2. The van der Waals surface area contributed by atoms with Crippen molar-refractivity contribution < 1.29 is 19.1 Å². The fourth-order valence-corrected chi connectivity index (χ4v) is 3.79. The SMILES string of the molecule is CC(C)C[C@H](OCc1ccccc1)C(=O)N[C@]12CCC[C@H]1OCC2=O. The van der Waals surface area contributed by atoms with Crippen LogP contribution in [0.1, 0.15) is 45.1 Å². The van der Waals surface area contributed by atoms with Crippen LogP contribution in [-0.4, -0.2) is 36.0 Å². The third kappa shape index (κ3) is 3.93. The number of hydrogen-bond donors (Lipinski definition) is 1. The summed E-state index contributed by atoms with van der Waals surface area (Å²) >= 11 is 0. The van der Waals surface area contributed by atoms with Crippen molar-refractivity contribution in [3.05, 3.63) is 35.9 Å². The molecular weight excluding hydrogens is 318 g/mol. The van der Waals surface area contributed by atoms with Crippen LogP contribution in [0.5, 0.6) is 0 Å². The highest BCUT2D eigenvalue weighted by Crippen LogP contribution is 2.38. The number of benzene rings is 1. The minimum atomic E-state index is -0.831. The lowest BCUT2D eigenvalue weighted by Crippen LogP contribution is -2.58. The Kier molecular flexibility index (Phi) is 5.54. The maximum atomic E-state index is 12.9. The average molecular weight is 345 g/mol. The summed E-state index contributed by atoms with van der Waals surface area (Å²) in [4.78, 5) is 25.3. The number of carbonyl (C=O) groups excluding carboxylic acids is 2. The molecule has 0 spiro atoms. The number of hydrogen-bond acceptors (Lipinski definition) is 4. The van der Waals surface area contributed by atoms with Crippen LogP contribution < -0.4 is 5.32 Å². The van der Waals surface area contributed by atoms with Crippen molar-refractivity contribution in [1.82, 2.24) is 5.32 Å². The summed E-state index contributed by atoms with van der Waals surface area (Å²) in [6.45, 7) is 4.61. The number of nitrogens with one attached hydrogen (secondary N) is 1. The Hall–Kier alpha value is -1.72. The summed E-state index contributed by atoms with van der Waals surface area (Å²) < 4.78 is 11.5. The topological polar surface area (TPSA) is 64.6 Å². The first-order valence-corrected chi connectivity index (χ1v) is 9.14. The average Bonchev–Trinajstić information content (AvgIpc) is 3.12. The minimum Gasteiger partial charge on any atom is -0.367 e. The summed E-state index contributed by atoms with van der Waals surface area (Å²) in [6.07, 6.45) is 2.26. The molecule has 0 aromatic heterocycles. The highest BCUT2D eigenvalue weighted by molar-refractivity contribution is 5.97. The van der Waals surface area contributed by atoms with Gasteiger partial charge in [0.05, 0.1) is 12.7 Å². The zero-order chi connectivity index (χ0) is 17.9. The van der Waals surface area contributed by atoms with Crippen molar-refractivity contribution in [1.29, 1.82) is 0 Å². The molecule has 0 bridgehead atoms. The van der Waals surface area contributed by atoms with Gasteiger partial charge >= 0.3 is 0 Å². The summed E-state index contributed by atoms with van der Waals surface area (Å²) in [5.41, 5.74) is 0.198. The highest BCUT2D eigenvalue weighted by atomic mass is 16.5. The fourth-order valence-electron chi connectivity index (χ4n) is 3.79. The molecule has 2 fully saturated rings. The lowest BCUT2D eigenvalue weighted by Gasteiger charge is -2.30. The van der Waals surface area contributed by atoms with E-state index in [2.05, 4.69) is 19.2 Å². The van der Waals surface area contributed by atoms with Crippen LogP contribution in [0.15, 0.2) is 30.3 Å². The van der Waals surface area contributed by atoms with Gasteiger partial charge in [0.15, 0.2) is 5.78 Å². The molecule has 1 aromatic rings. The number of ketones is 1. The van der Waals surface area contributed by atoms with E-state index < -0.39 is 11.6 Å². The van der Waals surface area contributed by atoms with Crippen LogP contribution in [0.25, 0.3) is 0 Å². The summed E-state index contributed by atoms with van der Waals surface area (Å²) in [5.74, 6) is 0.115. The number of amides is 1. The van der Waals surface area contributed by atoms with Gasteiger partial charge in [0.1, 0.15) is 18.2 Å². The second-order valence-corrected chi connectivity index (χ2v) is 7.49. The van der Waals surface area contributed by atoms with Gasteiger partial charge in [0.2, 0.25) is 5.91 Å². The first kappa shape index (κ1) is 18.1. The molecule has 1 saturated carbocycles. The quantitative estimate of drug-likeness (QED) is 0.825. The predicted molar refractivity (Wildman–Crippen MR) is 93.9 cm³/mol. The van der Waals surface area contributed by atoms with Gasteiger partial charge in [-0.05, 0) is 37.2 Å². The lowest BCUT2D eigenvalue weighted by atomic mass is 9.91. The van der Waals surface area contributed by atoms with Crippen LogP contribution in [0.4, 0.5) is 0 Å². The second-order valence-electron chi connectivity index (χ2n) is 7.49. The molecule has 1 saturated heterocycles. The normalized spacial score (nSPS) is 26.7. The molecule has 5 nitrogen and oxygen atoms in total. The van der Waals surface area contributed by atoms with E-state index in [1.807, 2.05) is 30.3 Å². The van der Waals surface area contributed by atoms with E-state index in [0.29, 0.717) is 25.4 Å². The summed E-state index contributed by atoms with van der Waals surface area (Å²) in [7, 11) is 0. The molecule has 0 unspecified atom stereocenters. The van der Waals surface area contributed by atoms with Gasteiger partial charge < -0.3 is 14.8 Å². The van der Waals surface area contributed by atoms with Crippen LogP contribution in [0.3, 0.4) is 0 Å². The molecule has 1 aliphatic carbocycles. The summed E-state index contributed by atoms with van der Waals surface area (Å²) in [6, 6.07) is 9.81. The van der Waals surface area contributed by atoms with Gasteiger partial charge in [-0.3, -0.25) is 9.59 Å². The van der Waals surface area contributed by atoms with E-state index >= 15 is 0 Å². The zero-order valence-corrected chi connectivity index (χ0v) is 15.0. The van der Waals surface area contributed by atoms with Gasteiger partial charge in [-0.25, -0.2) is 0 Å².